The van der Waals surface area contributed by atoms with E-state index in [4.69, 9.17) is 0 Å². The first-order chi connectivity index (χ1) is 13.1. The number of amides is 1. The first-order valence-corrected chi connectivity index (χ1v) is 8.54. The Labute approximate surface area is 157 Å². The fourth-order valence-corrected chi connectivity index (χ4v) is 2.94. The number of alkyl halides is 3. The molecule has 4 nitrogen and oxygen atoms in total. The van der Waals surface area contributed by atoms with Crippen molar-refractivity contribution in [1.82, 2.24) is 10.3 Å². The quantitative estimate of drug-likeness (QED) is 0.737. The fourth-order valence-electron chi connectivity index (χ4n) is 2.94. The molecule has 0 bridgehead atoms. The molecule has 0 aliphatic heterocycles. The van der Waals surface area contributed by atoms with E-state index in [9.17, 15) is 26.7 Å². The average molecular weight is 400 g/mol. The minimum Gasteiger partial charge on any atom is -0.483 e. The van der Waals surface area contributed by atoms with Gasteiger partial charge in [0.15, 0.2) is 6.61 Å². The molecule has 1 aromatic heterocycles. The van der Waals surface area contributed by atoms with Crippen molar-refractivity contribution in [2.45, 2.75) is 31.5 Å². The molecule has 0 radical (unpaired) electrons. The lowest BCUT2D eigenvalue weighted by Gasteiger charge is -2.14. The van der Waals surface area contributed by atoms with Crippen LogP contribution in [-0.2, 0) is 4.79 Å². The van der Waals surface area contributed by atoms with Crippen LogP contribution in [-0.4, -0.2) is 23.7 Å². The molecule has 1 saturated carbocycles. The van der Waals surface area contributed by atoms with Gasteiger partial charge in [-0.15, -0.1) is 0 Å². The zero-order chi connectivity index (χ0) is 20.5. The van der Waals surface area contributed by atoms with E-state index in [0.29, 0.717) is 17.7 Å². The lowest BCUT2D eigenvalue weighted by Crippen LogP contribution is -2.29. The van der Waals surface area contributed by atoms with E-state index in [1.54, 1.807) is 6.92 Å². The van der Waals surface area contributed by atoms with Gasteiger partial charge in [-0.25, -0.2) is 8.78 Å². The van der Waals surface area contributed by atoms with Crippen molar-refractivity contribution < 1.29 is 31.5 Å². The van der Waals surface area contributed by atoms with Gasteiger partial charge >= 0.3 is 6.18 Å². The normalized spacial score (nSPS) is 19.8. The molecule has 2 aromatic rings. The highest BCUT2D eigenvalue weighted by atomic mass is 19.4. The molecule has 1 unspecified atom stereocenters. The van der Waals surface area contributed by atoms with Crippen molar-refractivity contribution in [2.24, 2.45) is 5.92 Å². The molecule has 3 atom stereocenters. The van der Waals surface area contributed by atoms with Crippen molar-refractivity contribution in [2.75, 3.05) is 6.61 Å². The molecular weight excluding hydrogens is 383 g/mol. The van der Waals surface area contributed by atoms with Crippen LogP contribution in [0.1, 0.15) is 36.6 Å². The largest absolute Gasteiger partial charge is 0.483 e. The maximum absolute atomic E-state index is 13.3. The van der Waals surface area contributed by atoms with Gasteiger partial charge in [-0.1, -0.05) is 0 Å². The van der Waals surface area contributed by atoms with Gasteiger partial charge in [0.05, 0.1) is 17.9 Å². The predicted molar refractivity (Wildman–Crippen MR) is 89.6 cm³/mol. The molecular formula is C19H17F5N2O2. The van der Waals surface area contributed by atoms with E-state index in [2.05, 4.69) is 15.0 Å². The number of pyridine rings is 1. The summed E-state index contributed by atoms with van der Waals surface area (Å²) in [5.41, 5.74) is 0.885. The van der Waals surface area contributed by atoms with Crippen LogP contribution in [0.5, 0.6) is 5.75 Å². The second kappa shape index (κ2) is 7.73. The molecule has 1 amide bonds. The Morgan fingerprint density at radius 1 is 1.25 bits per heavy atom. The van der Waals surface area contributed by atoms with E-state index >= 15 is 0 Å². The number of rotatable bonds is 6. The van der Waals surface area contributed by atoms with Crippen molar-refractivity contribution in [3.63, 3.8) is 0 Å². The molecule has 28 heavy (non-hydrogen) atoms. The van der Waals surface area contributed by atoms with Crippen LogP contribution in [0.4, 0.5) is 22.0 Å². The number of nitrogens with zero attached hydrogens (tertiary/aromatic N) is 1. The fraction of sp³-hybridized carbons (Fsp3) is 0.368. The third-order valence-corrected chi connectivity index (χ3v) is 4.40. The minimum absolute atomic E-state index is 0.0324. The van der Waals surface area contributed by atoms with Crippen LogP contribution in [0.3, 0.4) is 0 Å². The van der Waals surface area contributed by atoms with Crippen LogP contribution < -0.4 is 10.1 Å². The van der Waals surface area contributed by atoms with Crippen molar-refractivity contribution >= 4 is 5.91 Å². The summed E-state index contributed by atoms with van der Waals surface area (Å²) >= 11 is 0. The molecule has 1 heterocycles. The molecule has 1 aliphatic rings. The SMILES string of the molecule is CC(NC(=O)[C@H]1C[C@@H]1c1cc(F)cc(F)c1)c1ccc(OCC(F)(F)F)cn1. The van der Waals surface area contributed by atoms with Crippen LogP contribution >= 0.6 is 0 Å². The number of carbonyl (C=O) groups is 1. The van der Waals surface area contributed by atoms with Gasteiger partial charge in [0.2, 0.25) is 5.91 Å². The maximum atomic E-state index is 13.3. The standard InChI is InChI=1S/C19H17F5N2O2/c1-10(17-3-2-14(8-25-17)28-9-19(22,23)24)26-18(27)16-7-15(16)11-4-12(20)6-13(21)5-11/h2-6,8,10,15-16H,7,9H2,1H3,(H,26,27)/t10?,15-,16+/m1/s1. The summed E-state index contributed by atoms with van der Waals surface area (Å²) in [6, 6.07) is 5.51. The summed E-state index contributed by atoms with van der Waals surface area (Å²) in [6.45, 7) is 0.264. The van der Waals surface area contributed by atoms with E-state index in [1.165, 1.54) is 24.3 Å². The van der Waals surface area contributed by atoms with Gasteiger partial charge in [0.25, 0.3) is 0 Å². The van der Waals surface area contributed by atoms with Crippen molar-refractivity contribution in [3.05, 3.63) is 59.4 Å². The topological polar surface area (TPSA) is 51.2 Å². The van der Waals surface area contributed by atoms with Gasteiger partial charge in [0.1, 0.15) is 17.4 Å². The predicted octanol–water partition coefficient (Wildman–Crippen LogP) is 4.28. The van der Waals surface area contributed by atoms with E-state index in [0.717, 1.165) is 12.3 Å². The number of ether oxygens (including phenoxy) is 1. The Morgan fingerprint density at radius 2 is 1.93 bits per heavy atom. The second-order valence-electron chi connectivity index (χ2n) is 6.70. The Bertz CT molecular complexity index is 834. The molecule has 1 aliphatic carbocycles. The number of halogens is 5. The smallest absolute Gasteiger partial charge is 0.422 e. The third kappa shape index (κ3) is 5.17. The average Bonchev–Trinajstić information content (AvgIpc) is 3.40. The second-order valence-corrected chi connectivity index (χ2v) is 6.70. The molecule has 9 heteroatoms. The van der Waals surface area contributed by atoms with Crippen LogP contribution in [0, 0.1) is 17.6 Å². The van der Waals surface area contributed by atoms with Gasteiger partial charge < -0.3 is 10.1 Å². The highest BCUT2D eigenvalue weighted by Gasteiger charge is 2.44. The highest BCUT2D eigenvalue weighted by Crippen LogP contribution is 2.48. The molecule has 1 aromatic carbocycles. The zero-order valence-corrected chi connectivity index (χ0v) is 14.8. The number of hydrogen-bond donors (Lipinski definition) is 1. The van der Waals surface area contributed by atoms with E-state index < -0.39 is 36.4 Å². The number of aromatic nitrogens is 1. The van der Waals surface area contributed by atoms with Crippen LogP contribution in [0.25, 0.3) is 0 Å². The Balaban J connectivity index is 1.55. The van der Waals surface area contributed by atoms with Crippen molar-refractivity contribution in [1.29, 1.82) is 0 Å². The summed E-state index contributed by atoms with van der Waals surface area (Å²) in [6.07, 6.45) is -2.80. The lowest BCUT2D eigenvalue weighted by atomic mass is 10.1. The minimum atomic E-state index is -4.44. The molecule has 0 saturated heterocycles. The van der Waals surface area contributed by atoms with E-state index in [1.807, 2.05) is 0 Å². The first-order valence-electron chi connectivity index (χ1n) is 8.54. The maximum Gasteiger partial charge on any atom is 0.422 e. The summed E-state index contributed by atoms with van der Waals surface area (Å²) in [4.78, 5) is 16.4. The summed E-state index contributed by atoms with van der Waals surface area (Å²) in [5.74, 6) is -2.32. The first kappa shape index (κ1) is 20.0. The van der Waals surface area contributed by atoms with Gasteiger partial charge in [-0.3, -0.25) is 9.78 Å². The van der Waals surface area contributed by atoms with Gasteiger partial charge in [-0.2, -0.15) is 13.2 Å². The summed E-state index contributed by atoms with van der Waals surface area (Å²) < 4.78 is 67.6. The third-order valence-electron chi connectivity index (χ3n) is 4.40. The Kier molecular flexibility index (Phi) is 5.53. The van der Waals surface area contributed by atoms with Crippen molar-refractivity contribution in [3.8, 4) is 5.75 Å². The number of hydrogen-bond acceptors (Lipinski definition) is 3. The molecule has 1 N–H and O–H groups in total. The highest BCUT2D eigenvalue weighted by molar-refractivity contribution is 5.83. The zero-order valence-electron chi connectivity index (χ0n) is 14.8. The van der Waals surface area contributed by atoms with Crippen LogP contribution in [0.15, 0.2) is 36.5 Å². The molecule has 3 rings (SSSR count). The number of carbonyl (C=O) groups excluding carboxylic acids is 1. The summed E-state index contributed by atoms with van der Waals surface area (Å²) in [5, 5.41) is 2.75. The number of nitrogens with one attached hydrogen (secondary N) is 1. The van der Waals surface area contributed by atoms with Gasteiger partial charge in [-0.05, 0) is 49.1 Å². The number of benzene rings is 1. The molecule has 1 fully saturated rings. The Hall–Kier alpha value is -2.71. The van der Waals surface area contributed by atoms with E-state index in [-0.39, 0.29) is 17.6 Å². The molecule has 150 valence electrons. The lowest BCUT2D eigenvalue weighted by molar-refractivity contribution is -0.153. The monoisotopic (exact) mass is 400 g/mol. The van der Waals surface area contributed by atoms with Crippen LogP contribution in [0.2, 0.25) is 0 Å². The van der Waals surface area contributed by atoms with Gasteiger partial charge in [0, 0.05) is 12.0 Å². The molecule has 0 spiro atoms. The summed E-state index contributed by atoms with van der Waals surface area (Å²) in [7, 11) is 0. The Morgan fingerprint density at radius 3 is 2.50 bits per heavy atom.